The van der Waals surface area contributed by atoms with E-state index in [9.17, 15) is 14.7 Å². The number of aryl methyl sites for hydroxylation is 1. The summed E-state index contributed by atoms with van der Waals surface area (Å²) in [5.74, 6) is -1.36. The number of carboxylic acid groups (broad SMARTS) is 1. The van der Waals surface area contributed by atoms with Crippen LogP contribution in [0.3, 0.4) is 0 Å². The van der Waals surface area contributed by atoms with Gasteiger partial charge in [0.2, 0.25) is 5.91 Å². The molecule has 0 aliphatic carbocycles. The first-order valence-electron chi connectivity index (χ1n) is 9.50. The van der Waals surface area contributed by atoms with Crippen molar-refractivity contribution >= 4 is 35.1 Å². The first kappa shape index (κ1) is 21.6. The van der Waals surface area contributed by atoms with Gasteiger partial charge in [0, 0.05) is 10.0 Å². The van der Waals surface area contributed by atoms with Gasteiger partial charge in [0.15, 0.2) is 0 Å². The van der Waals surface area contributed by atoms with Crippen molar-refractivity contribution in [1.29, 1.82) is 0 Å². The Morgan fingerprint density at radius 2 is 1.86 bits per heavy atom. The lowest BCUT2D eigenvalue weighted by Gasteiger charge is -2.44. The molecule has 1 heterocycles. The number of amides is 1. The molecule has 2 aromatic rings. The maximum atomic E-state index is 12.9. The van der Waals surface area contributed by atoms with Gasteiger partial charge < -0.3 is 14.7 Å². The zero-order chi connectivity index (χ0) is 21.1. The number of nitrogens with zero attached hydrogens (tertiary/aromatic N) is 1. The number of hydrogen-bond donors (Lipinski definition) is 1. The van der Waals surface area contributed by atoms with Crippen LogP contribution in [0.2, 0.25) is 10.0 Å². The van der Waals surface area contributed by atoms with Gasteiger partial charge in [0.25, 0.3) is 0 Å². The molecule has 0 saturated carbocycles. The van der Waals surface area contributed by atoms with E-state index in [2.05, 4.69) is 0 Å². The Labute approximate surface area is 180 Å². The van der Waals surface area contributed by atoms with Crippen LogP contribution in [-0.2, 0) is 14.3 Å². The van der Waals surface area contributed by atoms with E-state index in [0.29, 0.717) is 22.9 Å². The van der Waals surface area contributed by atoms with E-state index in [-0.39, 0.29) is 12.5 Å². The fourth-order valence-corrected chi connectivity index (χ4v) is 4.22. The van der Waals surface area contributed by atoms with E-state index in [0.717, 1.165) is 16.7 Å². The lowest BCUT2D eigenvalue weighted by Crippen LogP contribution is -2.53. The van der Waals surface area contributed by atoms with Crippen LogP contribution in [0.15, 0.2) is 42.5 Å². The Bertz CT molecular complexity index is 900. The average molecular weight is 436 g/mol. The van der Waals surface area contributed by atoms with E-state index in [4.69, 9.17) is 27.9 Å². The first-order valence-corrected chi connectivity index (χ1v) is 10.3. The summed E-state index contributed by atoms with van der Waals surface area (Å²) in [6.07, 6.45) is 0.474. The summed E-state index contributed by atoms with van der Waals surface area (Å²) in [7, 11) is 0. The molecule has 3 atom stereocenters. The second-order valence-electron chi connectivity index (χ2n) is 7.17. The van der Waals surface area contributed by atoms with Crippen LogP contribution in [0, 0.1) is 6.92 Å². The van der Waals surface area contributed by atoms with E-state index in [1.165, 1.54) is 4.90 Å². The van der Waals surface area contributed by atoms with Crippen LogP contribution in [0.25, 0.3) is 0 Å². The smallest absolute Gasteiger partial charge is 0.326 e. The topological polar surface area (TPSA) is 66.8 Å². The maximum Gasteiger partial charge on any atom is 0.326 e. The fourth-order valence-electron chi connectivity index (χ4n) is 3.86. The molecule has 5 nitrogen and oxygen atoms in total. The monoisotopic (exact) mass is 435 g/mol. The fraction of sp³-hybridized carbons (Fsp3) is 0.364. The highest BCUT2D eigenvalue weighted by Gasteiger charge is 2.44. The van der Waals surface area contributed by atoms with Crippen LogP contribution in [-0.4, -0.2) is 34.5 Å². The zero-order valence-electron chi connectivity index (χ0n) is 16.3. The Hall–Kier alpha value is -2.08. The van der Waals surface area contributed by atoms with Gasteiger partial charge >= 0.3 is 5.97 Å². The minimum atomic E-state index is -1.02. The van der Waals surface area contributed by atoms with E-state index < -0.39 is 24.2 Å². The highest BCUT2D eigenvalue weighted by Crippen LogP contribution is 2.43. The van der Waals surface area contributed by atoms with Gasteiger partial charge in [-0.1, -0.05) is 54.7 Å². The number of carbonyl (C=O) groups is 2. The lowest BCUT2D eigenvalue weighted by molar-refractivity contribution is -0.171. The molecule has 1 amide bonds. The van der Waals surface area contributed by atoms with Crippen LogP contribution in [0.5, 0.6) is 0 Å². The number of carbonyl (C=O) groups excluding carboxylic acids is 1. The highest BCUT2D eigenvalue weighted by molar-refractivity contribution is 6.30. The molecule has 1 fully saturated rings. The van der Waals surface area contributed by atoms with Gasteiger partial charge in [-0.2, -0.15) is 0 Å². The largest absolute Gasteiger partial charge is 0.480 e. The summed E-state index contributed by atoms with van der Waals surface area (Å²) >= 11 is 12.2. The van der Waals surface area contributed by atoms with Crippen molar-refractivity contribution in [2.24, 2.45) is 0 Å². The summed E-state index contributed by atoms with van der Waals surface area (Å²) in [5.41, 5.74) is 2.55. The van der Waals surface area contributed by atoms with Crippen LogP contribution in [0.1, 0.15) is 48.6 Å². The average Bonchev–Trinajstić information content (AvgIpc) is 2.67. The molecule has 3 rings (SSSR count). The second-order valence-corrected chi connectivity index (χ2v) is 8.05. The molecule has 3 unspecified atom stereocenters. The number of carboxylic acids is 1. The molecule has 1 aliphatic heterocycles. The third-order valence-electron chi connectivity index (χ3n) is 5.19. The highest BCUT2D eigenvalue weighted by atomic mass is 35.5. The third-order valence-corrected chi connectivity index (χ3v) is 5.68. The molecule has 1 aliphatic rings. The Morgan fingerprint density at radius 1 is 1.21 bits per heavy atom. The maximum absolute atomic E-state index is 12.9. The number of morpholine rings is 1. The zero-order valence-corrected chi connectivity index (χ0v) is 17.8. The molecule has 1 saturated heterocycles. The number of ether oxygens (including phenoxy) is 1. The number of hydrogen-bond acceptors (Lipinski definition) is 3. The molecule has 0 bridgehead atoms. The predicted octanol–water partition coefficient (Wildman–Crippen LogP) is 5.20. The molecule has 29 heavy (non-hydrogen) atoms. The van der Waals surface area contributed by atoms with Gasteiger partial charge in [-0.3, -0.25) is 4.79 Å². The number of aliphatic carboxylic acids is 1. The van der Waals surface area contributed by atoms with E-state index in [1.807, 2.05) is 38.1 Å². The predicted molar refractivity (Wildman–Crippen MR) is 112 cm³/mol. The summed E-state index contributed by atoms with van der Waals surface area (Å²) in [5, 5.41) is 11.0. The Morgan fingerprint density at radius 3 is 2.45 bits per heavy atom. The van der Waals surface area contributed by atoms with Crippen molar-refractivity contribution in [3.8, 4) is 0 Å². The Kier molecular flexibility index (Phi) is 6.83. The summed E-state index contributed by atoms with van der Waals surface area (Å²) in [6, 6.07) is 11.0. The SMILES string of the molecule is CCCC(C(=O)O)N1C(=O)COC(c2ccc(Cl)cc2C)C1c1ccc(Cl)cc1. The first-order chi connectivity index (χ1) is 13.8. The van der Waals surface area contributed by atoms with Gasteiger partial charge in [-0.25, -0.2) is 4.79 Å². The molecule has 1 N–H and O–H groups in total. The minimum absolute atomic E-state index is 0.176. The summed E-state index contributed by atoms with van der Waals surface area (Å²) in [4.78, 5) is 26.4. The van der Waals surface area contributed by atoms with Crippen LogP contribution in [0.4, 0.5) is 0 Å². The molecule has 0 spiro atoms. The molecule has 7 heteroatoms. The van der Waals surface area contributed by atoms with Crippen molar-refractivity contribution in [3.63, 3.8) is 0 Å². The minimum Gasteiger partial charge on any atom is -0.480 e. The molecule has 2 aromatic carbocycles. The quantitative estimate of drug-likeness (QED) is 0.676. The van der Waals surface area contributed by atoms with Gasteiger partial charge in [0.1, 0.15) is 18.8 Å². The third kappa shape index (κ3) is 4.58. The molecular weight excluding hydrogens is 413 g/mol. The molecule has 154 valence electrons. The molecular formula is C22H23Cl2NO4. The molecule has 0 radical (unpaired) electrons. The summed E-state index contributed by atoms with van der Waals surface area (Å²) < 4.78 is 5.97. The van der Waals surface area contributed by atoms with Crippen molar-refractivity contribution in [2.75, 3.05) is 6.61 Å². The van der Waals surface area contributed by atoms with Crippen molar-refractivity contribution in [3.05, 3.63) is 69.2 Å². The van der Waals surface area contributed by atoms with E-state index in [1.54, 1.807) is 18.2 Å². The van der Waals surface area contributed by atoms with Crippen LogP contribution >= 0.6 is 23.2 Å². The second kappa shape index (κ2) is 9.16. The van der Waals surface area contributed by atoms with Gasteiger partial charge in [0.05, 0.1) is 6.04 Å². The Balaban J connectivity index is 2.15. The lowest BCUT2D eigenvalue weighted by atomic mass is 9.89. The van der Waals surface area contributed by atoms with Crippen molar-refractivity contribution in [1.82, 2.24) is 4.90 Å². The number of benzene rings is 2. The number of halogens is 2. The van der Waals surface area contributed by atoms with Crippen molar-refractivity contribution in [2.45, 2.75) is 44.9 Å². The molecule has 0 aromatic heterocycles. The van der Waals surface area contributed by atoms with E-state index >= 15 is 0 Å². The number of rotatable bonds is 6. The summed E-state index contributed by atoms with van der Waals surface area (Å²) in [6.45, 7) is 3.65. The standard InChI is InChI=1S/C22H23Cl2NO4/c1-3-4-18(22(27)28)25-19(26)12-29-21(17-10-9-16(24)11-13(17)2)20(25)14-5-7-15(23)8-6-14/h5-11,18,20-21H,3-4,12H2,1-2H3,(H,27,28). The van der Waals surface area contributed by atoms with Gasteiger partial charge in [-0.05, 0) is 54.3 Å². The van der Waals surface area contributed by atoms with Crippen molar-refractivity contribution < 1.29 is 19.4 Å². The van der Waals surface area contributed by atoms with Crippen LogP contribution < -0.4 is 0 Å². The van der Waals surface area contributed by atoms with Gasteiger partial charge in [-0.15, -0.1) is 0 Å². The normalized spacial score (nSPS) is 20.6.